The van der Waals surface area contributed by atoms with Crippen LogP contribution in [0, 0.1) is 23.4 Å². The van der Waals surface area contributed by atoms with E-state index in [1.54, 1.807) is 13.0 Å². The molecule has 1 nitrogen and oxygen atoms in total. The van der Waals surface area contributed by atoms with Crippen LogP contribution in [0.5, 0.6) is 5.75 Å². The molecule has 2 aliphatic carbocycles. The molecule has 2 saturated carbocycles. The van der Waals surface area contributed by atoms with E-state index in [9.17, 15) is 4.39 Å². The van der Waals surface area contributed by atoms with E-state index in [1.807, 2.05) is 6.08 Å². The molecule has 0 aliphatic heterocycles. The quantitative estimate of drug-likeness (QED) is 0.298. The van der Waals surface area contributed by atoms with E-state index < -0.39 is 41.6 Å². The topological polar surface area (TPSA) is 9.23 Å². The summed E-state index contributed by atoms with van der Waals surface area (Å²) >= 11 is 0. The number of ether oxygens (including phenoxy) is 1. The lowest BCUT2D eigenvalue weighted by Crippen LogP contribution is -2.34. The molecule has 2 fully saturated rings. The summed E-state index contributed by atoms with van der Waals surface area (Å²) in [5.41, 5.74) is 0.549. The summed E-state index contributed by atoms with van der Waals surface area (Å²) < 4.78 is 79.8. The molecule has 2 aromatic carbocycles. The van der Waals surface area contributed by atoms with Gasteiger partial charge >= 0.3 is 0 Å². The molecule has 0 N–H and O–H groups in total. The van der Waals surface area contributed by atoms with Crippen molar-refractivity contribution in [3.63, 3.8) is 0 Å². The number of alkyl halides is 2. The number of hydrogen-bond acceptors (Lipinski definition) is 1. The summed E-state index contributed by atoms with van der Waals surface area (Å²) in [7, 11) is 0. The summed E-state index contributed by atoms with van der Waals surface area (Å²) in [5.74, 6) is -7.36. The Morgan fingerprint density at radius 3 is 2.09 bits per heavy atom. The molecule has 184 valence electrons. The molecular formula is C28H31F5O. The zero-order chi connectivity index (χ0) is 24.5. The molecule has 0 bridgehead atoms. The summed E-state index contributed by atoms with van der Waals surface area (Å²) in [6.07, 6.45) is 4.93. The van der Waals surface area contributed by atoms with Gasteiger partial charge in [0.1, 0.15) is 0 Å². The second-order valence-electron chi connectivity index (χ2n) is 9.63. The molecule has 0 spiro atoms. The fourth-order valence-electron chi connectivity index (χ4n) is 5.71. The van der Waals surface area contributed by atoms with Gasteiger partial charge in [-0.25, -0.2) is 22.0 Å². The predicted molar refractivity (Wildman–Crippen MR) is 123 cm³/mol. The molecule has 2 atom stereocenters. The van der Waals surface area contributed by atoms with Gasteiger partial charge in [0, 0.05) is 12.3 Å². The van der Waals surface area contributed by atoms with Crippen molar-refractivity contribution in [2.45, 2.75) is 75.5 Å². The van der Waals surface area contributed by atoms with E-state index in [0.717, 1.165) is 31.7 Å². The van der Waals surface area contributed by atoms with Crippen molar-refractivity contribution in [2.24, 2.45) is 5.92 Å². The van der Waals surface area contributed by atoms with Gasteiger partial charge < -0.3 is 4.74 Å². The fourth-order valence-corrected chi connectivity index (χ4v) is 5.71. The van der Waals surface area contributed by atoms with Crippen LogP contribution in [0.3, 0.4) is 0 Å². The van der Waals surface area contributed by atoms with E-state index in [2.05, 4.69) is 6.58 Å². The second kappa shape index (κ2) is 10.1. The normalized spacial score (nSPS) is 26.8. The number of allylic oxidation sites excluding steroid dienone is 1. The van der Waals surface area contributed by atoms with Crippen LogP contribution < -0.4 is 4.74 Å². The van der Waals surface area contributed by atoms with Gasteiger partial charge in [-0.1, -0.05) is 24.3 Å². The zero-order valence-electron chi connectivity index (χ0n) is 19.4. The average molecular weight is 479 g/mol. The molecule has 34 heavy (non-hydrogen) atoms. The van der Waals surface area contributed by atoms with Crippen LogP contribution in [-0.4, -0.2) is 12.5 Å². The Morgan fingerprint density at radius 2 is 1.53 bits per heavy atom. The molecule has 0 heterocycles. The summed E-state index contributed by atoms with van der Waals surface area (Å²) in [4.78, 5) is 0. The maximum absolute atomic E-state index is 15.2. The van der Waals surface area contributed by atoms with Crippen molar-refractivity contribution in [2.75, 3.05) is 6.61 Å². The van der Waals surface area contributed by atoms with E-state index in [1.165, 1.54) is 18.2 Å². The molecule has 0 aromatic heterocycles. The van der Waals surface area contributed by atoms with E-state index in [0.29, 0.717) is 11.5 Å². The van der Waals surface area contributed by atoms with Crippen LogP contribution in [0.1, 0.15) is 86.3 Å². The SMILES string of the molecule is C=CC1CCC(c2ccc(C3CCC(c4ccc(OCC)c(F)c4)C(F)(F)C3)c(F)c2F)CC1. The van der Waals surface area contributed by atoms with Gasteiger partial charge in [0.25, 0.3) is 5.92 Å². The van der Waals surface area contributed by atoms with Gasteiger partial charge in [0.2, 0.25) is 0 Å². The first-order chi connectivity index (χ1) is 16.2. The third-order valence-electron chi connectivity index (χ3n) is 7.62. The third-order valence-corrected chi connectivity index (χ3v) is 7.62. The second-order valence-corrected chi connectivity index (χ2v) is 9.63. The van der Waals surface area contributed by atoms with Crippen molar-refractivity contribution >= 4 is 0 Å². The summed E-state index contributed by atoms with van der Waals surface area (Å²) in [5, 5.41) is 0. The van der Waals surface area contributed by atoms with Gasteiger partial charge in [-0.05, 0) is 92.0 Å². The fraction of sp³-hybridized carbons (Fsp3) is 0.500. The third kappa shape index (κ3) is 4.87. The Balaban J connectivity index is 1.51. The Kier molecular flexibility index (Phi) is 7.34. The van der Waals surface area contributed by atoms with Gasteiger partial charge in [-0.2, -0.15) is 0 Å². The monoisotopic (exact) mass is 478 g/mol. The van der Waals surface area contributed by atoms with Crippen LogP contribution in [-0.2, 0) is 0 Å². The lowest BCUT2D eigenvalue weighted by Gasteiger charge is -2.37. The molecule has 0 saturated heterocycles. The van der Waals surface area contributed by atoms with Crippen molar-refractivity contribution in [3.05, 3.63) is 77.1 Å². The van der Waals surface area contributed by atoms with Crippen molar-refractivity contribution in [1.82, 2.24) is 0 Å². The number of rotatable bonds is 6. The van der Waals surface area contributed by atoms with Crippen LogP contribution in [0.15, 0.2) is 43.0 Å². The van der Waals surface area contributed by atoms with E-state index >= 15 is 17.6 Å². The lowest BCUT2D eigenvalue weighted by molar-refractivity contribution is -0.0619. The first-order valence-corrected chi connectivity index (χ1v) is 12.2. The standard InChI is InChI=1S/C28H31F5O/c1-3-17-5-7-18(8-6-17)21-11-12-22(27(31)26(21)30)20-9-13-23(28(32,33)16-20)19-10-14-25(34-4-2)24(29)15-19/h3,10-12,14-15,17-18,20,23H,1,4-9,13,16H2,2H3. The van der Waals surface area contributed by atoms with E-state index in [4.69, 9.17) is 4.74 Å². The van der Waals surface area contributed by atoms with Gasteiger partial charge in [-0.3, -0.25) is 0 Å². The van der Waals surface area contributed by atoms with Crippen molar-refractivity contribution in [1.29, 1.82) is 0 Å². The van der Waals surface area contributed by atoms with Gasteiger partial charge in [0.05, 0.1) is 6.61 Å². The molecule has 4 rings (SSSR count). The van der Waals surface area contributed by atoms with Crippen LogP contribution in [0.4, 0.5) is 22.0 Å². The molecule has 2 aromatic rings. The number of halogens is 5. The van der Waals surface area contributed by atoms with Crippen LogP contribution in [0.25, 0.3) is 0 Å². The minimum Gasteiger partial charge on any atom is -0.491 e. The Bertz CT molecular complexity index is 1030. The Morgan fingerprint density at radius 1 is 0.912 bits per heavy atom. The van der Waals surface area contributed by atoms with Crippen molar-refractivity contribution in [3.8, 4) is 5.75 Å². The zero-order valence-corrected chi connectivity index (χ0v) is 19.4. The Hall–Kier alpha value is -2.37. The highest BCUT2D eigenvalue weighted by molar-refractivity contribution is 5.35. The molecule has 0 amide bonds. The molecule has 2 unspecified atom stereocenters. The minimum absolute atomic E-state index is 0.0111. The van der Waals surface area contributed by atoms with Crippen molar-refractivity contribution < 1.29 is 26.7 Å². The summed E-state index contributed by atoms with van der Waals surface area (Å²) in [6.45, 7) is 5.79. The maximum Gasteiger partial charge on any atom is 0.255 e. The minimum atomic E-state index is -3.17. The number of hydrogen-bond donors (Lipinski definition) is 0. The molecule has 6 heteroatoms. The number of benzene rings is 2. The highest BCUT2D eigenvalue weighted by Gasteiger charge is 2.47. The maximum atomic E-state index is 15.2. The first kappa shape index (κ1) is 24.7. The first-order valence-electron chi connectivity index (χ1n) is 12.2. The smallest absolute Gasteiger partial charge is 0.255 e. The van der Waals surface area contributed by atoms with E-state index in [-0.39, 0.29) is 42.2 Å². The van der Waals surface area contributed by atoms with Gasteiger partial charge in [0.15, 0.2) is 23.2 Å². The molecule has 0 radical (unpaired) electrons. The molecule has 2 aliphatic rings. The molecular weight excluding hydrogens is 447 g/mol. The predicted octanol–water partition coefficient (Wildman–Crippen LogP) is 8.65. The highest BCUT2D eigenvalue weighted by Crippen LogP contribution is 2.51. The van der Waals surface area contributed by atoms with Crippen LogP contribution in [0.2, 0.25) is 0 Å². The van der Waals surface area contributed by atoms with Crippen LogP contribution >= 0.6 is 0 Å². The summed E-state index contributed by atoms with van der Waals surface area (Å²) in [6, 6.07) is 7.00. The Labute approximate surface area is 198 Å². The highest BCUT2D eigenvalue weighted by atomic mass is 19.3. The largest absolute Gasteiger partial charge is 0.491 e. The van der Waals surface area contributed by atoms with Gasteiger partial charge in [-0.15, -0.1) is 6.58 Å². The average Bonchev–Trinajstić information content (AvgIpc) is 2.82. The lowest BCUT2D eigenvalue weighted by atomic mass is 9.73.